The first-order valence-corrected chi connectivity index (χ1v) is 4.20. The average molecular weight is 161 g/mol. The summed E-state index contributed by atoms with van der Waals surface area (Å²) in [5.74, 6) is 0. The SMILES string of the molecule is C=CCC1=CCN(CC=C)C=C1. The number of hydrogen-bond donors (Lipinski definition) is 0. The summed E-state index contributed by atoms with van der Waals surface area (Å²) >= 11 is 0. The summed E-state index contributed by atoms with van der Waals surface area (Å²) in [7, 11) is 0. The maximum atomic E-state index is 3.71. The molecule has 0 aromatic carbocycles. The Morgan fingerprint density at radius 1 is 1.42 bits per heavy atom. The molecule has 0 amide bonds. The van der Waals surface area contributed by atoms with E-state index in [1.54, 1.807) is 0 Å². The summed E-state index contributed by atoms with van der Waals surface area (Å²) in [6.07, 6.45) is 11.3. The highest BCUT2D eigenvalue weighted by molar-refractivity contribution is 5.24. The van der Waals surface area contributed by atoms with Crippen LogP contribution in [0.2, 0.25) is 0 Å². The van der Waals surface area contributed by atoms with Gasteiger partial charge in [0.25, 0.3) is 0 Å². The van der Waals surface area contributed by atoms with Crippen LogP contribution in [-0.2, 0) is 0 Å². The van der Waals surface area contributed by atoms with Gasteiger partial charge >= 0.3 is 0 Å². The van der Waals surface area contributed by atoms with Crippen molar-refractivity contribution in [2.24, 2.45) is 0 Å². The van der Waals surface area contributed by atoms with Crippen molar-refractivity contribution in [2.75, 3.05) is 13.1 Å². The second-order valence-electron chi connectivity index (χ2n) is 2.83. The largest absolute Gasteiger partial charge is 0.370 e. The van der Waals surface area contributed by atoms with E-state index in [2.05, 4.69) is 36.4 Å². The van der Waals surface area contributed by atoms with Crippen LogP contribution in [0.25, 0.3) is 0 Å². The minimum Gasteiger partial charge on any atom is -0.370 e. The highest BCUT2D eigenvalue weighted by Crippen LogP contribution is 2.10. The van der Waals surface area contributed by atoms with Crippen molar-refractivity contribution in [3.8, 4) is 0 Å². The number of allylic oxidation sites excluding steroid dienone is 3. The van der Waals surface area contributed by atoms with E-state index >= 15 is 0 Å². The average Bonchev–Trinajstić information content (AvgIpc) is 2.09. The summed E-state index contributed by atoms with van der Waals surface area (Å²) < 4.78 is 0. The molecule has 0 aromatic heterocycles. The molecule has 1 heteroatoms. The Kier molecular flexibility index (Phi) is 3.39. The minimum atomic E-state index is 0.925. The van der Waals surface area contributed by atoms with Gasteiger partial charge in [0.15, 0.2) is 0 Å². The molecule has 1 nitrogen and oxygen atoms in total. The van der Waals surface area contributed by atoms with Crippen molar-refractivity contribution in [1.29, 1.82) is 0 Å². The summed E-state index contributed by atoms with van der Waals surface area (Å²) in [4.78, 5) is 2.21. The molecule has 0 spiro atoms. The van der Waals surface area contributed by atoms with Crippen LogP contribution < -0.4 is 0 Å². The van der Waals surface area contributed by atoms with Gasteiger partial charge in [0.1, 0.15) is 0 Å². The monoisotopic (exact) mass is 161 g/mol. The third kappa shape index (κ3) is 2.42. The molecule has 0 bridgehead atoms. The zero-order chi connectivity index (χ0) is 8.81. The molecule has 12 heavy (non-hydrogen) atoms. The number of nitrogens with zero attached hydrogens (tertiary/aromatic N) is 1. The lowest BCUT2D eigenvalue weighted by molar-refractivity contribution is 0.455. The Hall–Kier alpha value is -1.24. The zero-order valence-electron chi connectivity index (χ0n) is 7.37. The van der Waals surface area contributed by atoms with Gasteiger partial charge in [-0.05, 0) is 24.3 Å². The number of rotatable bonds is 4. The van der Waals surface area contributed by atoms with Crippen LogP contribution in [0.4, 0.5) is 0 Å². The molecule has 0 unspecified atom stereocenters. The van der Waals surface area contributed by atoms with Crippen LogP contribution in [-0.4, -0.2) is 18.0 Å². The molecule has 0 N–H and O–H groups in total. The van der Waals surface area contributed by atoms with E-state index in [0.29, 0.717) is 0 Å². The molecule has 0 saturated heterocycles. The maximum Gasteiger partial charge on any atom is 0.0363 e. The summed E-state index contributed by atoms with van der Waals surface area (Å²) in [5, 5.41) is 0. The molecule has 0 radical (unpaired) electrons. The summed E-state index contributed by atoms with van der Waals surface area (Å²) in [5.41, 5.74) is 1.35. The van der Waals surface area contributed by atoms with Crippen molar-refractivity contribution in [3.05, 3.63) is 49.2 Å². The van der Waals surface area contributed by atoms with Crippen molar-refractivity contribution in [3.63, 3.8) is 0 Å². The highest BCUT2D eigenvalue weighted by Gasteiger charge is 2.00. The van der Waals surface area contributed by atoms with Gasteiger partial charge in [-0.25, -0.2) is 0 Å². The molecule has 0 saturated carbocycles. The molecule has 0 aliphatic carbocycles. The zero-order valence-corrected chi connectivity index (χ0v) is 7.37. The normalized spacial score (nSPS) is 15.7. The molecule has 1 rings (SSSR count). The standard InChI is InChI=1S/C11H15N/c1-3-5-11-6-9-12(8-4-2)10-7-11/h3-4,6-7,9H,1-2,5,8,10H2. The maximum absolute atomic E-state index is 3.71. The van der Waals surface area contributed by atoms with E-state index in [0.717, 1.165) is 19.5 Å². The molecule has 1 heterocycles. The van der Waals surface area contributed by atoms with Crippen LogP contribution in [0.3, 0.4) is 0 Å². The third-order valence-corrected chi connectivity index (χ3v) is 1.83. The van der Waals surface area contributed by atoms with E-state index in [1.165, 1.54) is 5.57 Å². The van der Waals surface area contributed by atoms with Crippen molar-refractivity contribution >= 4 is 0 Å². The Bertz CT molecular complexity index is 223. The second kappa shape index (κ2) is 4.60. The lowest BCUT2D eigenvalue weighted by atomic mass is 10.1. The Labute approximate surface area is 74.4 Å². The lowest BCUT2D eigenvalue weighted by Crippen LogP contribution is -2.19. The van der Waals surface area contributed by atoms with Crippen LogP contribution >= 0.6 is 0 Å². The van der Waals surface area contributed by atoms with E-state index < -0.39 is 0 Å². The minimum absolute atomic E-state index is 0.925. The van der Waals surface area contributed by atoms with Crippen LogP contribution in [0.1, 0.15) is 6.42 Å². The van der Waals surface area contributed by atoms with Gasteiger partial charge in [-0.2, -0.15) is 0 Å². The molecule has 1 aliphatic rings. The quantitative estimate of drug-likeness (QED) is 0.573. The van der Waals surface area contributed by atoms with Crippen molar-refractivity contribution < 1.29 is 0 Å². The first-order chi connectivity index (χ1) is 5.86. The van der Waals surface area contributed by atoms with Gasteiger partial charge in [-0.1, -0.05) is 18.2 Å². The van der Waals surface area contributed by atoms with E-state index in [-0.39, 0.29) is 0 Å². The Balaban J connectivity index is 2.43. The fourth-order valence-corrected chi connectivity index (χ4v) is 1.18. The summed E-state index contributed by atoms with van der Waals surface area (Å²) in [6, 6.07) is 0. The van der Waals surface area contributed by atoms with Crippen molar-refractivity contribution in [2.45, 2.75) is 6.42 Å². The van der Waals surface area contributed by atoms with Crippen LogP contribution in [0.15, 0.2) is 49.2 Å². The molecule has 1 aliphatic heterocycles. The lowest BCUT2D eigenvalue weighted by Gasteiger charge is -2.20. The van der Waals surface area contributed by atoms with E-state index in [1.807, 2.05) is 12.2 Å². The number of hydrogen-bond acceptors (Lipinski definition) is 1. The Morgan fingerprint density at radius 2 is 2.25 bits per heavy atom. The fraction of sp³-hybridized carbons (Fsp3) is 0.273. The topological polar surface area (TPSA) is 3.24 Å². The van der Waals surface area contributed by atoms with E-state index in [9.17, 15) is 0 Å². The van der Waals surface area contributed by atoms with Crippen molar-refractivity contribution in [1.82, 2.24) is 4.90 Å². The molecular formula is C11H15N. The predicted octanol–water partition coefficient (Wildman–Crippen LogP) is 2.50. The predicted molar refractivity (Wildman–Crippen MR) is 53.8 cm³/mol. The molecule has 64 valence electrons. The Morgan fingerprint density at radius 3 is 2.75 bits per heavy atom. The first kappa shape index (κ1) is 8.85. The smallest absolute Gasteiger partial charge is 0.0363 e. The van der Waals surface area contributed by atoms with Gasteiger partial charge < -0.3 is 4.90 Å². The van der Waals surface area contributed by atoms with Gasteiger partial charge in [0, 0.05) is 13.1 Å². The van der Waals surface area contributed by atoms with E-state index in [4.69, 9.17) is 0 Å². The van der Waals surface area contributed by atoms with Gasteiger partial charge in [0.2, 0.25) is 0 Å². The van der Waals surface area contributed by atoms with Gasteiger partial charge in [-0.15, -0.1) is 13.2 Å². The first-order valence-electron chi connectivity index (χ1n) is 4.20. The molecule has 0 atom stereocenters. The van der Waals surface area contributed by atoms with Crippen LogP contribution in [0, 0.1) is 0 Å². The summed E-state index contributed by atoms with van der Waals surface area (Å²) in [6.45, 7) is 9.32. The highest BCUT2D eigenvalue weighted by atomic mass is 15.1. The van der Waals surface area contributed by atoms with Gasteiger partial charge in [0.05, 0.1) is 0 Å². The fourth-order valence-electron chi connectivity index (χ4n) is 1.18. The van der Waals surface area contributed by atoms with Crippen LogP contribution in [0.5, 0.6) is 0 Å². The van der Waals surface area contributed by atoms with Gasteiger partial charge in [-0.3, -0.25) is 0 Å². The molecule has 0 aromatic rings. The second-order valence-corrected chi connectivity index (χ2v) is 2.83. The third-order valence-electron chi connectivity index (χ3n) is 1.83. The molecule has 0 fully saturated rings. The molecular weight excluding hydrogens is 146 g/mol.